The highest BCUT2D eigenvalue weighted by molar-refractivity contribution is 6.28. The number of hydrogen-bond acceptors (Lipinski definition) is 1. The number of fused-ring (bicyclic) bond motifs is 8. The molecule has 0 atom stereocenters. The van der Waals surface area contributed by atoms with Gasteiger partial charge in [-0.2, -0.15) is 0 Å². The Balaban J connectivity index is 1.28. The fourth-order valence-electron chi connectivity index (χ4n) is 7.75. The molecule has 0 fully saturated rings. The lowest BCUT2D eigenvalue weighted by molar-refractivity contribution is 0.669. The van der Waals surface area contributed by atoms with Crippen LogP contribution in [0.3, 0.4) is 0 Å². The van der Waals surface area contributed by atoms with Crippen LogP contribution in [0.15, 0.2) is 174 Å². The summed E-state index contributed by atoms with van der Waals surface area (Å²) < 4.78 is 6.52. The van der Waals surface area contributed by atoms with Gasteiger partial charge in [-0.1, -0.05) is 146 Å². The molecule has 218 valence electrons. The van der Waals surface area contributed by atoms with Crippen molar-refractivity contribution in [2.45, 2.75) is 0 Å². The summed E-state index contributed by atoms with van der Waals surface area (Å²) in [4.78, 5) is 0. The minimum Gasteiger partial charge on any atom is -0.456 e. The number of furan rings is 1. The molecule has 10 rings (SSSR count). The highest BCUT2D eigenvalue weighted by Crippen LogP contribution is 2.48. The quantitative estimate of drug-likeness (QED) is 0.185. The van der Waals surface area contributed by atoms with Crippen molar-refractivity contribution in [1.82, 2.24) is 0 Å². The van der Waals surface area contributed by atoms with Crippen molar-refractivity contribution in [1.29, 1.82) is 0 Å². The van der Waals surface area contributed by atoms with Crippen molar-refractivity contribution in [3.8, 4) is 33.4 Å². The first-order valence-corrected chi connectivity index (χ1v) is 16.2. The summed E-state index contributed by atoms with van der Waals surface area (Å²) in [6.07, 6.45) is 0. The maximum absolute atomic E-state index is 6.52. The van der Waals surface area contributed by atoms with E-state index in [1.165, 1.54) is 87.2 Å². The summed E-state index contributed by atoms with van der Waals surface area (Å²) in [5.41, 5.74) is 9.18. The van der Waals surface area contributed by atoms with E-state index in [0.29, 0.717) is 0 Å². The second-order valence-electron chi connectivity index (χ2n) is 12.4. The molecule has 0 amide bonds. The van der Waals surface area contributed by atoms with Gasteiger partial charge in [0.1, 0.15) is 11.2 Å². The first kappa shape index (κ1) is 26.1. The third kappa shape index (κ3) is 3.97. The average Bonchev–Trinajstić information content (AvgIpc) is 3.53. The van der Waals surface area contributed by atoms with Gasteiger partial charge in [0, 0.05) is 10.8 Å². The second-order valence-corrected chi connectivity index (χ2v) is 12.4. The van der Waals surface area contributed by atoms with E-state index >= 15 is 0 Å². The molecule has 0 spiro atoms. The topological polar surface area (TPSA) is 13.1 Å². The molecule has 47 heavy (non-hydrogen) atoms. The van der Waals surface area contributed by atoms with Crippen molar-refractivity contribution in [2.75, 3.05) is 0 Å². The first-order valence-electron chi connectivity index (χ1n) is 16.2. The van der Waals surface area contributed by atoms with Gasteiger partial charge in [0.05, 0.1) is 0 Å². The van der Waals surface area contributed by atoms with Gasteiger partial charge >= 0.3 is 0 Å². The molecule has 0 aliphatic rings. The highest BCUT2D eigenvalue weighted by atomic mass is 16.3. The van der Waals surface area contributed by atoms with Crippen LogP contribution in [-0.2, 0) is 0 Å². The Hall–Kier alpha value is -6.18. The van der Waals surface area contributed by atoms with Crippen LogP contribution in [-0.4, -0.2) is 0 Å². The van der Waals surface area contributed by atoms with Crippen LogP contribution < -0.4 is 0 Å². The minimum atomic E-state index is 0.911. The predicted octanol–water partition coefficient (Wildman–Crippen LogP) is 13.2. The summed E-state index contributed by atoms with van der Waals surface area (Å²) >= 11 is 0. The molecule has 1 heterocycles. The number of hydrogen-bond donors (Lipinski definition) is 0. The van der Waals surface area contributed by atoms with Gasteiger partial charge in [-0.25, -0.2) is 0 Å². The molecule has 0 radical (unpaired) electrons. The zero-order valence-corrected chi connectivity index (χ0v) is 25.6. The maximum Gasteiger partial charge on any atom is 0.136 e. The normalized spacial score (nSPS) is 11.8. The van der Waals surface area contributed by atoms with E-state index in [2.05, 4.69) is 170 Å². The van der Waals surface area contributed by atoms with Crippen LogP contribution in [0.4, 0.5) is 0 Å². The Morgan fingerprint density at radius 2 is 0.851 bits per heavy atom. The lowest BCUT2D eigenvalue weighted by Crippen LogP contribution is -1.91. The van der Waals surface area contributed by atoms with Crippen LogP contribution in [0.2, 0.25) is 0 Å². The number of rotatable bonds is 3. The first-order chi connectivity index (χ1) is 23.3. The average molecular weight is 597 g/mol. The van der Waals surface area contributed by atoms with E-state index in [1.54, 1.807) is 0 Å². The lowest BCUT2D eigenvalue weighted by atomic mass is 9.84. The van der Waals surface area contributed by atoms with Gasteiger partial charge in [0.15, 0.2) is 0 Å². The fraction of sp³-hybridized carbons (Fsp3) is 0. The molecule has 1 nitrogen and oxygen atoms in total. The summed E-state index contributed by atoms with van der Waals surface area (Å²) in [6.45, 7) is 0. The largest absolute Gasteiger partial charge is 0.456 e. The Kier molecular flexibility index (Phi) is 5.64. The number of benzene rings is 9. The van der Waals surface area contributed by atoms with Crippen molar-refractivity contribution in [3.05, 3.63) is 170 Å². The molecule has 9 aromatic carbocycles. The van der Waals surface area contributed by atoms with Crippen molar-refractivity contribution in [3.63, 3.8) is 0 Å². The molecular weight excluding hydrogens is 569 g/mol. The van der Waals surface area contributed by atoms with Crippen LogP contribution >= 0.6 is 0 Å². The minimum absolute atomic E-state index is 0.911. The molecular formula is C46H28O. The highest BCUT2D eigenvalue weighted by Gasteiger charge is 2.21. The fourth-order valence-corrected chi connectivity index (χ4v) is 7.75. The van der Waals surface area contributed by atoms with E-state index in [4.69, 9.17) is 4.42 Å². The van der Waals surface area contributed by atoms with E-state index in [-0.39, 0.29) is 0 Å². The Morgan fingerprint density at radius 1 is 0.298 bits per heavy atom. The van der Waals surface area contributed by atoms with Gasteiger partial charge in [-0.3, -0.25) is 0 Å². The van der Waals surface area contributed by atoms with E-state index < -0.39 is 0 Å². The van der Waals surface area contributed by atoms with E-state index in [0.717, 1.165) is 11.2 Å². The van der Waals surface area contributed by atoms with Crippen molar-refractivity contribution >= 4 is 65.0 Å². The smallest absolute Gasteiger partial charge is 0.136 e. The van der Waals surface area contributed by atoms with Crippen LogP contribution in [0.5, 0.6) is 0 Å². The van der Waals surface area contributed by atoms with Gasteiger partial charge in [0.25, 0.3) is 0 Å². The molecule has 1 aromatic heterocycles. The Morgan fingerprint density at radius 3 is 1.62 bits per heavy atom. The van der Waals surface area contributed by atoms with Gasteiger partial charge in [-0.15, -0.1) is 0 Å². The van der Waals surface area contributed by atoms with Crippen molar-refractivity contribution in [2.24, 2.45) is 0 Å². The van der Waals surface area contributed by atoms with Crippen LogP contribution in [0.25, 0.3) is 98.4 Å². The summed E-state index contributed by atoms with van der Waals surface area (Å²) in [6, 6.07) is 61.6. The predicted molar refractivity (Wildman–Crippen MR) is 200 cm³/mol. The van der Waals surface area contributed by atoms with Crippen LogP contribution in [0.1, 0.15) is 0 Å². The van der Waals surface area contributed by atoms with Gasteiger partial charge in [-0.05, 0) is 101 Å². The molecule has 0 aliphatic carbocycles. The third-order valence-electron chi connectivity index (χ3n) is 9.82. The molecule has 1 heteroatoms. The molecule has 0 aliphatic heterocycles. The monoisotopic (exact) mass is 596 g/mol. The zero-order chi connectivity index (χ0) is 30.9. The molecule has 0 saturated carbocycles. The molecule has 0 bridgehead atoms. The standard InChI is InChI=1S/C46H28O/c1-2-13-31-27-33(24-23-29(31)11-1)32-14-9-15-34(28-32)43-36-17-5-7-19-38(36)44(39-20-8-6-18-37(39)43)40-21-10-22-41-46(40)45-35-16-4-3-12-30(35)25-26-42(45)47-41/h1-28H. The zero-order valence-electron chi connectivity index (χ0n) is 25.6. The van der Waals surface area contributed by atoms with Gasteiger partial charge < -0.3 is 4.42 Å². The summed E-state index contributed by atoms with van der Waals surface area (Å²) in [5.74, 6) is 0. The summed E-state index contributed by atoms with van der Waals surface area (Å²) in [5, 5.41) is 12.2. The maximum atomic E-state index is 6.52. The van der Waals surface area contributed by atoms with E-state index in [1.807, 2.05) is 0 Å². The summed E-state index contributed by atoms with van der Waals surface area (Å²) in [7, 11) is 0. The molecule has 0 N–H and O–H groups in total. The Bertz CT molecular complexity index is 2800. The van der Waals surface area contributed by atoms with Crippen molar-refractivity contribution < 1.29 is 4.42 Å². The van der Waals surface area contributed by atoms with Crippen LogP contribution in [0, 0.1) is 0 Å². The molecule has 0 saturated heterocycles. The SMILES string of the molecule is c1cc(-c2ccc3ccccc3c2)cc(-c2c3ccccc3c(-c3cccc4oc5ccc6ccccc6c5c34)c3ccccc23)c1. The lowest BCUT2D eigenvalue weighted by Gasteiger charge is -2.19. The third-order valence-corrected chi connectivity index (χ3v) is 9.82. The molecule has 0 unspecified atom stereocenters. The second kappa shape index (κ2) is 10.2. The van der Waals surface area contributed by atoms with E-state index in [9.17, 15) is 0 Å². The molecule has 10 aromatic rings. The van der Waals surface area contributed by atoms with Gasteiger partial charge in [0.2, 0.25) is 0 Å². The Labute approximate surface area is 271 Å².